The van der Waals surface area contributed by atoms with Gasteiger partial charge in [0.2, 0.25) is 0 Å². The number of allylic oxidation sites excluding steroid dienone is 2. The number of aromatic nitrogens is 1. The van der Waals surface area contributed by atoms with Crippen molar-refractivity contribution in [3.8, 4) is 22.1 Å². The third kappa shape index (κ3) is 4.46. The van der Waals surface area contributed by atoms with E-state index in [9.17, 15) is 0 Å². The fourth-order valence-electron chi connectivity index (χ4n) is 5.67. The van der Waals surface area contributed by atoms with E-state index in [1.807, 2.05) is 23.6 Å². The Morgan fingerprint density at radius 2 is 1.63 bits per heavy atom. The number of ether oxygens (including phenoxy) is 1. The molecule has 6 heteroatoms. The number of hydrogen-bond acceptors (Lipinski definition) is 6. The molecule has 4 nitrogen and oxygen atoms in total. The third-order valence-corrected chi connectivity index (χ3v) is 10.4. The van der Waals surface area contributed by atoms with E-state index in [0.29, 0.717) is 0 Å². The molecule has 1 aliphatic heterocycles. The van der Waals surface area contributed by atoms with Crippen LogP contribution >= 0.6 is 22.7 Å². The van der Waals surface area contributed by atoms with Crippen molar-refractivity contribution in [1.29, 1.82) is 0 Å². The predicted octanol–water partition coefficient (Wildman–Crippen LogP) is 10.4. The van der Waals surface area contributed by atoms with Crippen LogP contribution in [-0.2, 0) is 5.41 Å². The number of hydrogen-bond donors (Lipinski definition) is 0. The van der Waals surface area contributed by atoms with Gasteiger partial charge in [0.15, 0.2) is 5.06 Å². The molecule has 0 N–H and O–H groups in total. The average molecular weight is 576 g/mol. The minimum Gasteiger partial charge on any atom is -0.447 e. The molecule has 6 aromatic rings. The largest absolute Gasteiger partial charge is 0.447 e. The molecule has 0 fully saturated rings. The maximum atomic E-state index is 6.56. The van der Waals surface area contributed by atoms with Crippen molar-refractivity contribution < 1.29 is 4.74 Å². The molecule has 0 atom stereocenters. The molecule has 0 aliphatic carbocycles. The van der Waals surface area contributed by atoms with Gasteiger partial charge in [-0.1, -0.05) is 56.4 Å². The van der Waals surface area contributed by atoms with Gasteiger partial charge in [-0.2, -0.15) is 0 Å². The molecule has 1 aliphatic rings. The van der Waals surface area contributed by atoms with E-state index in [-0.39, 0.29) is 5.41 Å². The van der Waals surface area contributed by atoms with E-state index in [1.165, 1.54) is 52.8 Å². The Balaban J connectivity index is 1.36. The minimum absolute atomic E-state index is 0.0367. The zero-order valence-corrected chi connectivity index (χ0v) is 25.9. The monoisotopic (exact) mass is 575 g/mol. The second kappa shape index (κ2) is 9.61. The van der Waals surface area contributed by atoms with Crippen LogP contribution in [0.2, 0.25) is 0 Å². The van der Waals surface area contributed by atoms with Gasteiger partial charge >= 0.3 is 0 Å². The van der Waals surface area contributed by atoms with Crippen LogP contribution in [0.3, 0.4) is 0 Å². The Hall–Kier alpha value is -3.87. The van der Waals surface area contributed by atoms with Gasteiger partial charge in [-0.05, 0) is 61.2 Å². The maximum absolute atomic E-state index is 6.56. The molecule has 0 bridgehead atoms. The first-order valence-corrected chi connectivity index (χ1v) is 15.6. The van der Waals surface area contributed by atoms with Gasteiger partial charge in [0.1, 0.15) is 5.75 Å². The Morgan fingerprint density at radius 1 is 0.805 bits per heavy atom. The summed E-state index contributed by atoms with van der Waals surface area (Å²) < 4.78 is 10.3. The summed E-state index contributed by atoms with van der Waals surface area (Å²) in [7, 11) is 2.13. The van der Waals surface area contributed by atoms with Crippen molar-refractivity contribution in [1.82, 2.24) is 9.88 Å². The summed E-state index contributed by atoms with van der Waals surface area (Å²) in [6, 6.07) is 26.1. The van der Waals surface area contributed by atoms with Crippen molar-refractivity contribution in [2.24, 2.45) is 0 Å². The Kier molecular flexibility index (Phi) is 6.10. The first-order chi connectivity index (χ1) is 19.7. The van der Waals surface area contributed by atoms with Gasteiger partial charge in [-0.25, -0.2) is 0 Å². The lowest BCUT2D eigenvalue weighted by Gasteiger charge is -2.21. The fourth-order valence-corrected chi connectivity index (χ4v) is 7.90. The summed E-state index contributed by atoms with van der Waals surface area (Å²) in [5, 5.41) is 4.64. The second-order valence-electron chi connectivity index (χ2n) is 11.9. The molecule has 206 valence electrons. The lowest BCUT2D eigenvalue weighted by Crippen LogP contribution is -2.24. The summed E-state index contributed by atoms with van der Waals surface area (Å²) in [5.41, 5.74) is 7.24. The normalized spacial score (nSPS) is 14.3. The number of rotatable bonds is 4. The Bertz CT molecular complexity index is 1990. The van der Waals surface area contributed by atoms with Crippen LogP contribution in [0.4, 0.5) is 5.69 Å². The molecule has 4 heterocycles. The van der Waals surface area contributed by atoms with Crippen LogP contribution in [-0.4, -0.2) is 23.6 Å². The van der Waals surface area contributed by atoms with E-state index >= 15 is 0 Å². The summed E-state index contributed by atoms with van der Waals surface area (Å²) >= 11 is 3.55. The molecule has 41 heavy (non-hydrogen) atoms. The summed E-state index contributed by atoms with van der Waals surface area (Å²) in [5.74, 6) is 0.843. The van der Waals surface area contributed by atoms with Crippen LogP contribution in [0.5, 0.6) is 10.8 Å². The summed E-state index contributed by atoms with van der Waals surface area (Å²) in [4.78, 5) is 9.52. The quantitative estimate of drug-likeness (QED) is 0.209. The second-order valence-corrected chi connectivity index (χ2v) is 14.0. The van der Waals surface area contributed by atoms with Crippen LogP contribution in [0.15, 0.2) is 90.4 Å². The summed E-state index contributed by atoms with van der Waals surface area (Å²) in [6.45, 7) is 12.0. The van der Waals surface area contributed by atoms with Crippen molar-refractivity contribution in [2.75, 3.05) is 18.6 Å². The van der Waals surface area contributed by atoms with Crippen LogP contribution in [0.1, 0.15) is 40.2 Å². The van der Waals surface area contributed by atoms with E-state index in [1.54, 1.807) is 11.3 Å². The number of anilines is 1. The minimum atomic E-state index is 0.0367. The molecule has 0 saturated heterocycles. The van der Waals surface area contributed by atoms with Crippen LogP contribution in [0.25, 0.3) is 41.5 Å². The molecule has 0 amide bonds. The topological polar surface area (TPSA) is 28.6 Å². The maximum Gasteiger partial charge on any atom is 0.182 e. The highest BCUT2D eigenvalue weighted by atomic mass is 32.1. The lowest BCUT2D eigenvalue weighted by molar-refractivity contribution is 0.459. The fraction of sp³-hybridized carbons (Fsp3) is 0.229. The number of pyridine rings is 1. The van der Waals surface area contributed by atoms with Gasteiger partial charge in [-0.3, -0.25) is 4.98 Å². The van der Waals surface area contributed by atoms with Crippen molar-refractivity contribution in [2.45, 2.75) is 40.0 Å². The van der Waals surface area contributed by atoms with E-state index in [4.69, 9.17) is 9.72 Å². The first kappa shape index (κ1) is 26.1. The number of fused-ring (bicyclic) bond motifs is 4. The van der Waals surface area contributed by atoms with Crippen LogP contribution in [0, 0.1) is 0 Å². The first-order valence-electron chi connectivity index (χ1n) is 14.0. The van der Waals surface area contributed by atoms with Gasteiger partial charge in [0.25, 0.3) is 0 Å². The molecule has 3 aromatic carbocycles. The van der Waals surface area contributed by atoms with Crippen molar-refractivity contribution in [3.05, 3.63) is 96.0 Å². The summed E-state index contributed by atoms with van der Waals surface area (Å²) in [6.07, 6.45) is 1.96. The van der Waals surface area contributed by atoms with Gasteiger partial charge in [-0.15, -0.1) is 11.3 Å². The van der Waals surface area contributed by atoms with Gasteiger partial charge in [0.05, 0.1) is 12.4 Å². The van der Waals surface area contributed by atoms with E-state index in [2.05, 4.69) is 118 Å². The Labute approximate surface area is 249 Å². The SMILES string of the molecule is CC1=C(C)N(c2cccc(Oc3cc4c(-c5cc(C(C)(C)C)ccn5)c5sc6ccccc6c5cc4s3)c2)CN1C. The number of nitrogens with zero attached hydrogens (tertiary/aromatic N) is 3. The average Bonchev–Trinajstić information content (AvgIpc) is 3.60. The molecule has 0 spiro atoms. The predicted molar refractivity (Wildman–Crippen MR) is 177 cm³/mol. The third-order valence-electron chi connectivity index (χ3n) is 8.23. The van der Waals surface area contributed by atoms with E-state index < -0.39 is 0 Å². The Morgan fingerprint density at radius 3 is 2.41 bits per heavy atom. The standard InChI is InChI=1S/C35H33N3OS2/c1-21-22(2)38(20-37(21)6)24-10-9-11-25(17-24)39-32-19-28-31(40-32)18-27-26-12-7-8-13-30(26)41-34(27)33(28)29-16-23(14-15-36-29)35(3,4)5/h7-19H,20H2,1-6H3. The van der Waals surface area contributed by atoms with Crippen molar-refractivity contribution >= 4 is 58.6 Å². The zero-order chi connectivity index (χ0) is 28.5. The molecular formula is C35H33N3OS2. The van der Waals surface area contributed by atoms with Crippen molar-refractivity contribution in [3.63, 3.8) is 0 Å². The highest BCUT2D eigenvalue weighted by molar-refractivity contribution is 7.27. The lowest BCUT2D eigenvalue weighted by atomic mass is 9.86. The molecular weight excluding hydrogens is 543 g/mol. The molecule has 0 unspecified atom stereocenters. The molecule has 3 aromatic heterocycles. The smallest absolute Gasteiger partial charge is 0.182 e. The highest BCUT2D eigenvalue weighted by Crippen LogP contribution is 2.48. The molecule has 7 rings (SSSR count). The highest BCUT2D eigenvalue weighted by Gasteiger charge is 2.23. The van der Waals surface area contributed by atoms with E-state index in [0.717, 1.165) is 28.9 Å². The molecule has 0 saturated carbocycles. The van der Waals surface area contributed by atoms with Crippen LogP contribution < -0.4 is 9.64 Å². The van der Waals surface area contributed by atoms with Gasteiger partial charge < -0.3 is 14.5 Å². The van der Waals surface area contributed by atoms with Gasteiger partial charge in [0, 0.05) is 78.3 Å². The zero-order valence-electron chi connectivity index (χ0n) is 24.3. The number of benzene rings is 3. The number of thiophene rings is 2. The molecule has 0 radical (unpaired) electrons.